The summed E-state index contributed by atoms with van der Waals surface area (Å²) in [5.41, 5.74) is 1.84. The smallest absolute Gasteiger partial charge is 0.260 e. The third-order valence-electron chi connectivity index (χ3n) is 2.69. The molecule has 3 N–H and O–H groups in total. The zero-order valence-corrected chi connectivity index (χ0v) is 10.7. The summed E-state index contributed by atoms with van der Waals surface area (Å²) in [4.78, 5) is 12.0. The summed E-state index contributed by atoms with van der Waals surface area (Å²) in [6, 6.07) is 4.29. The molecular weight excluding hydrogens is 254 g/mol. The molecule has 0 saturated carbocycles. The van der Waals surface area contributed by atoms with E-state index in [1.807, 2.05) is 13.8 Å². The van der Waals surface area contributed by atoms with Gasteiger partial charge in [-0.1, -0.05) is 11.6 Å². The molecule has 18 heavy (non-hydrogen) atoms. The number of aromatic nitrogens is 2. The van der Waals surface area contributed by atoms with E-state index in [2.05, 4.69) is 15.5 Å². The van der Waals surface area contributed by atoms with Gasteiger partial charge in [0.15, 0.2) is 5.82 Å². The first-order valence-corrected chi connectivity index (χ1v) is 5.68. The lowest BCUT2D eigenvalue weighted by molar-refractivity contribution is 0.102. The van der Waals surface area contributed by atoms with E-state index in [4.69, 9.17) is 11.6 Å². The first-order chi connectivity index (χ1) is 8.49. The maximum Gasteiger partial charge on any atom is 0.260 e. The van der Waals surface area contributed by atoms with Crippen LogP contribution in [0.5, 0.6) is 5.75 Å². The minimum atomic E-state index is -0.454. The number of benzene rings is 1. The topological polar surface area (TPSA) is 78.0 Å². The van der Waals surface area contributed by atoms with Crippen molar-refractivity contribution in [2.75, 3.05) is 5.32 Å². The molecule has 5 nitrogen and oxygen atoms in total. The molecule has 6 heteroatoms. The van der Waals surface area contributed by atoms with Gasteiger partial charge >= 0.3 is 0 Å². The van der Waals surface area contributed by atoms with Gasteiger partial charge in [-0.05, 0) is 32.0 Å². The molecule has 1 heterocycles. The summed E-state index contributed by atoms with van der Waals surface area (Å²) in [6.45, 7) is 3.70. The van der Waals surface area contributed by atoms with E-state index >= 15 is 0 Å². The summed E-state index contributed by atoms with van der Waals surface area (Å²) in [5.74, 6) is -0.136. The molecule has 0 fully saturated rings. The third-order valence-corrected chi connectivity index (χ3v) is 2.92. The van der Waals surface area contributed by atoms with E-state index in [1.165, 1.54) is 18.2 Å². The number of phenols is 1. The van der Waals surface area contributed by atoms with Gasteiger partial charge < -0.3 is 10.4 Å². The molecule has 0 spiro atoms. The van der Waals surface area contributed by atoms with Crippen LogP contribution in [0.15, 0.2) is 18.2 Å². The van der Waals surface area contributed by atoms with E-state index in [9.17, 15) is 9.90 Å². The number of phenolic OH excluding ortho intramolecular Hbond substituents is 1. The SMILES string of the molecule is Cc1[nH]nc(NC(=O)c2cc(Cl)ccc2O)c1C. The van der Waals surface area contributed by atoms with Crippen LogP contribution in [0.4, 0.5) is 5.82 Å². The average Bonchev–Trinajstić information content (AvgIpc) is 2.64. The molecule has 1 aromatic carbocycles. The number of rotatable bonds is 2. The number of amides is 1. The van der Waals surface area contributed by atoms with Crippen LogP contribution in [0.25, 0.3) is 0 Å². The number of nitrogens with zero attached hydrogens (tertiary/aromatic N) is 1. The number of carbonyl (C=O) groups is 1. The molecule has 2 rings (SSSR count). The van der Waals surface area contributed by atoms with Crippen molar-refractivity contribution in [3.8, 4) is 5.75 Å². The van der Waals surface area contributed by atoms with Crippen molar-refractivity contribution in [3.05, 3.63) is 40.0 Å². The summed E-state index contributed by atoms with van der Waals surface area (Å²) in [6.07, 6.45) is 0. The van der Waals surface area contributed by atoms with Gasteiger partial charge in [0.05, 0.1) is 5.56 Å². The predicted molar refractivity (Wildman–Crippen MR) is 69.1 cm³/mol. The molecule has 0 radical (unpaired) electrons. The molecule has 94 valence electrons. The van der Waals surface area contributed by atoms with Crippen LogP contribution < -0.4 is 5.32 Å². The van der Waals surface area contributed by atoms with Crippen LogP contribution in [0, 0.1) is 13.8 Å². The third kappa shape index (κ3) is 2.31. The lowest BCUT2D eigenvalue weighted by Gasteiger charge is -2.05. The summed E-state index contributed by atoms with van der Waals surface area (Å²) < 4.78 is 0. The van der Waals surface area contributed by atoms with Crippen molar-refractivity contribution in [1.82, 2.24) is 10.2 Å². The molecule has 1 amide bonds. The first-order valence-electron chi connectivity index (χ1n) is 5.30. The van der Waals surface area contributed by atoms with Gasteiger partial charge in [-0.2, -0.15) is 5.10 Å². The number of anilines is 1. The second kappa shape index (κ2) is 4.70. The number of halogens is 1. The maximum absolute atomic E-state index is 12.0. The zero-order chi connectivity index (χ0) is 13.3. The molecule has 2 aromatic rings. The quantitative estimate of drug-likeness (QED) is 0.781. The molecule has 0 aliphatic carbocycles. The van der Waals surface area contributed by atoms with Gasteiger partial charge in [-0.3, -0.25) is 9.89 Å². The second-order valence-electron chi connectivity index (χ2n) is 3.94. The Morgan fingerprint density at radius 1 is 1.44 bits per heavy atom. The molecule has 0 bridgehead atoms. The second-order valence-corrected chi connectivity index (χ2v) is 4.37. The Bertz CT molecular complexity index is 607. The number of hydrogen-bond donors (Lipinski definition) is 3. The Hall–Kier alpha value is -2.01. The maximum atomic E-state index is 12.0. The highest BCUT2D eigenvalue weighted by atomic mass is 35.5. The van der Waals surface area contributed by atoms with E-state index in [0.717, 1.165) is 11.3 Å². The van der Waals surface area contributed by atoms with Crippen molar-refractivity contribution in [2.24, 2.45) is 0 Å². The highest BCUT2D eigenvalue weighted by molar-refractivity contribution is 6.31. The fraction of sp³-hybridized carbons (Fsp3) is 0.167. The Morgan fingerprint density at radius 3 is 2.78 bits per heavy atom. The number of aromatic hydroxyl groups is 1. The summed E-state index contributed by atoms with van der Waals surface area (Å²) >= 11 is 5.79. The standard InChI is InChI=1S/C12H12ClN3O2/c1-6-7(2)15-16-11(6)14-12(18)9-5-8(13)3-4-10(9)17/h3-5,17H,1-2H3,(H2,14,15,16,18). The monoisotopic (exact) mass is 265 g/mol. The number of carbonyl (C=O) groups excluding carboxylic acids is 1. The van der Waals surface area contributed by atoms with E-state index in [-0.39, 0.29) is 11.3 Å². The van der Waals surface area contributed by atoms with Gasteiger partial charge in [0.25, 0.3) is 5.91 Å². The van der Waals surface area contributed by atoms with Crippen LogP contribution >= 0.6 is 11.6 Å². The summed E-state index contributed by atoms with van der Waals surface area (Å²) in [5, 5.41) is 19.3. The van der Waals surface area contributed by atoms with Crippen LogP contribution in [0.2, 0.25) is 5.02 Å². The Balaban J connectivity index is 2.27. The largest absolute Gasteiger partial charge is 0.507 e. The van der Waals surface area contributed by atoms with Gasteiger partial charge in [0.1, 0.15) is 5.75 Å². The minimum absolute atomic E-state index is 0.113. The van der Waals surface area contributed by atoms with Crippen molar-refractivity contribution < 1.29 is 9.90 Å². The van der Waals surface area contributed by atoms with Gasteiger partial charge in [-0.15, -0.1) is 0 Å². The average molecular weight is 266 g/mol. The van der Waals surface area contributed by atoms with Gasteiger partial charge in [0, 0.05) is 16.3 Å². The fourth-order valence-corrected chi connectivity index (χ4v) is 1.64. The molecule has 0 aliphatic rings. The zero-order valence-electron chi connectivity index (χ0n) is 9.91. The van der Waals surface area contributed by atoms with Gasteiger partial charge in [0.2, 0.25) is 0 Å². The number of hydrogen-bond acceptors (Lipinski definition) is 3. The van der Waals surface area contributed by atoms with Crippen LogP contribution in [0.3, 0.4) is 0 Å². The van der Waals surface area contributed by atoms with Gasteiger partial charge in [-0.25, -0.2) is 0 Å². The number of H-pyrrole nitrogens is 1. The lowest BCUT2D eigenvalue weighted by Crippen LogP contribution is -2.13. The fourth-order valence-electron chi connectivity index (χ4n) is 1.47. The number of nitrogens with one attached hydrogen (secondary N) is 2. The minimum Gasteiger partial charge on any atom is -0.507 e. The van der Waals surface area contributed by atoms with Crippen LogP contribution in [-0.2, 0) is 0 Å². The predicted octanol–water partition coefficient (Wildman–Crippen LogP) is 2.64. The van der Waals surface area contributed by atoms with Crippen molar-refractivity contribution in [1.29, 1.82) is 0 Å². The van der Waals surface area contributed by atoms with Crippen molar-refractivity contribution >= 4 is 23.3 Å². The Kier molecular flexibility index (Phi) is 3.25. The van der Waals surface area contributed by atoms with Crippen LogP contribution in [-0.4, -0.2) is 21.2 Å². The highest BCUT2D eigenvalue weighted by Gasteiger charge is 2.15. The molecule has 0 saturated heterocycles. The normalized spacial score (nSPS) is 10.4. The van der Waals surface area contributed by atoms with E-state index in [0.29, 0.717) is 10.8 Å². The summed E-state index contributed by atoms with van der Waals surface area (Å²) in [7, 11) is 0. The number of aromatic amines is 1. The van der Waals surface area contributed by atoms with Crippen molar-refractivity contribution in [2.45, 2.75) is 13.8 Å². The van der Waals surface area contributed by atoms with E-state index in [1.54, 1.807) is 0 Å². The highest BCUT2D eigenvalue weighted by Crippen LogP contribution is 2.23. The Morgan fingerprint density at radius 2 is 2.17 bits per heavy atom. The molecule has 0 aliphatic heterocycles. The lowest BCUT2D eigenvalue weighted by atomic mass is 10.2. The Labute approximate surface area is 109 Å². The van der Waals surface area contributed by atoms with E-state index < -0.39 is 5.91 Å². The van der Waals surface area contributed by atoms with Crippen LogP contribution in [0.1, 0.15) is 21.6 Å². The molecule has 1 aromatic heterocycles. The molecule has 0 unspecified atom stereocenters. The first kappa shape index (κ1) is 12.4. The number of aryl methyl sites for hydroxylation is 1. The van der Waals surface area contributed by atoms with Crippen molar-refractivity contribution in [3.63, 3.8) is 0 Å². The molecule has 0 atom stereocenters. The molecular formula is C12H12ClN3O2.